The largest absolute Gasteiger partial charge is 0.473 e. The quantitative estimate of drug-likeness (QED) is 0.186. The van der Waals surface area contributed by atoms with Crippen molar-refractivity contribution in [3.8, 4) is 5.88 Å². The molecule has 2 aromatic carbocycles. The fourth-order valence-corrected chi connectivity index (χ4v) is 6.26. The maximum absolute atomic E-state index is 14.2. The Hall–Kier alpha value is -3.53. The number of esters is 1. The summed E-state index contributed by atoms with van der Waals surface area (Å²) in [4.78, 5) is 24.7. The molecule has 0 radical (unpaired) electrons. The Morgan fingerprint density at radius 1 is 1.12 bits per heavy atom. The number of hydrogen-bond acceptors (Lipinski definition) is 7. The monoisotopic (exact) mass is 606 g/mol. The van der Waals surface area contributed by atoms with Crippen molar-refractivity contribution in [1.82, 2.24) is 19.4 Å². The van der Waals surface area contributed by atoms with Crippen LogP contribution in [0.3, 0.4) is 0 Å². The van der Waals surface area contributed by atoms with Crippen molar-refractivity contribution in [2.75, 3.05) is 26.8 Å². The molecule has 0 N–H and O–H groups in total. The van der Waals surface area contributed by atoms with Crippen LogP contribution in [0.25, 0.3) is 11.0 Å². The lowest BCUT2D eigenvalue weighted by atomic mass is 9.92. The average molecular weight is 607 g/mol. The molecule has 226 valence electrons. The number of carbonyl (C=O) groups excluding carboxylic acids is 1. The van der Waals surface area contributed by atoms with Gasteiger partial charge in [0.1, 0.15) is 18.2 Å². The first-order valence-electron chi connectivity index (χ1n) is 14.9. The van der Waals surface area contributed by atoms with E-state index < -0.39 is 0 Å². The number of fused-ring (bicyclic) bond motifs is 1. The summed E-state index contributed by atoms with van der Waals surface area (Å²) in [6, 6.07) is 16.1. The van der Waals surface area contributed by atoms with Gasteiger partial charge >= 0.3 is 5.97 Å². The third-order valence-electron chi connectivity index (χ3n) is 8.59. The number of rotatable bonds is 10. The van der Waals surface area contributed by atoms with Crippen LogP contribution in [0.1, 0.15) is 72.0 Å². The molecule has 0 spiro atoms. The zero-order valence-electron chi connectivity index (χ0n) is 24.5. The first kappa shape index (κ1) is 29.5. The SMILES string of the molecule is CC[C@H](c1nc2ccc(C(=O)OC)cc2n1C[C@@H]1CCO1)N1CCC(c2cccc(OCc3ccc(Cl)cc3F)n2)CC1. The van der Waals surface area contributed by atoms with Gasteiger partial charge in [0, 0.05) is 34.9 Å². The molecule has 2 aliphatic rings. The molecule has 2 fully saturated rings. The van der Waals surface area contributed by atoms with Gasteiger partial charge in [-0.25, -0.2) is 19.2 Å². The Kier molecular flexibility index (Phi) is 8.93. The van der Waals surface area contributed by atoms with Crippen LogP contribution in [0.2, 0.25) is 5.02 Å². The van der Waals surface area contributed by atoms with E-state index in [-0.39, 0.29) is 30.5 Å². The molecule has 2 aromatic heterocycles. The summed E-state index contributed by atoms with van der Waals surface area (Å²) in [5, 5.41) is 0.357. The molecule has 10 heteroatoms. The van der Waals surface area contributed by atoms with E-state index >= 15 is 0 Å². The molecular weight excluding hydrogens is 571 g/mol. The van der Waals surface area contributed by atoms with Gasteiger partial charge in [0.25, 0.3) is 0 Å². The van der Waals surface area contributed by atoms with E-state index in [0.717, 1.165) is 67.9 Å². The molecule has 2 atom stereocenters. The summed E-state index contributed by atoms with van der Waals surface area (Å²) >= 11 is 5.87. The molecule has 6 rings (SSSR count). The summed E-state index contributed by atoms with van der Waals surface area (Å²) in [5.41, 5.74) is 3.75. The van der Waals surface area contributed by atoms with E-state index in [9.17, 15) is 9.18 Å². The number of nitrogens with zero attached hydrogens (tertiary/aromatic N) is 4. The van der Waals surface area contributed by atoms with Gasteiger partial charge in [0.15, 0.2) is 0 Å². The molecule has 2 aliphatic heterocycles. The molecule has 0 amide bonds. The molecule has 43 heavy (non-hydrogen) atoms. The molecule has 0 bridgehead atoms. The van der Waals surface area contributed by atoms with Crippen LogP contribution in [0.4, 0.5) is 4.39 Å². The van der Waals surface area contributed by atoms with Gasteiger partial charge < -0.3 is 18.8 Å². The summed E-state index contributed by atoms with van der Waals surface area (Å²) in [6.45, 7) is 5.59. The molecule has 2 saturated heterocycles. The second kappa shape index (κ2) is 13.0. The van der Waals surface area contributed by atoms with E-state index in [2.05, 4.69) is 16.4 Å². The Morgan fingerprint density at radius 3 is 2.63 bits per heavy atom. The summed E-state index contributed by atoms with van der Waals surface area (Å²) in [5.74, 6) is 1.05. The number of likely N-dealkylation sites (tertiary alicyclic amines) is 1. The Bertz CT molecular complexity index is 1600. The summed E-state index contributed by atoms with van der Waals surface area (Å²) in [6.07, 6.45) is 3.99. The third-order valence-corrected chi connectivity index (χ3v) is 8.82. The minimum Gasteiger partial charge on any atom is -0.473 e. The van der Waals surface area contributed by atoms with Crippen molar-refractivity contribution in [3.05, 3.63) is 88.1 Å². The maximum Gasteiger partial charge on any atom is 0.337 e. The van der Waals surface area contributed by atoms with E-state index in [1.54, 1.807) is 18.2 Å². The predicted octanol–water partition coefficient (Wildman–Crippen LogP) is 6.71. The van der Waals surface area contributed by atoms with Crippen LogP contribution in [0.15, 0.2) is 54.6 Å². The van der Waals surface area contributed by atoms with Gasteiger partial charge in [-0.1, -0.05) is 30.7 Å². The molecule has 0 unspecified atom stereocenters. The minimum absolute atomic E-state index is 0.0874. The lowest BCUT2D eigenvalue weighted by molar-refractivity contribution is -0.0595. The summed E-state index contributed by atoms with van der Waals surface area (Å²) < 4.78 is 33.0. The van der Waals surface area contributed by atoms with E-state index in [1.807, 2.05) is 30.3 Å². The van der Waals surface area contributed by atoms with Crippen LogP contribution < -0.4 is 4.74 Å². The van der Waals surface area contributed by atoms with Crippen molar-refractivity contribution in [3.63, 3.8) is 0 Å². The Balaban J connectivity index is 1.16. The van der Waals surface area contributed by atoms with Gasteiger partial charge in [-0.2, -0.15) is 0 Å². The van der Waals surface area contributed by atoms with Gasteiger partial charge in [-0.3, -0.25) is 4.90 Å². The highest BCUT2D eigenvalue weighted by Gasteiger charge is 2.31. The number of methoxy groups -OCH3 is 1. The van der Waals surface area contributed by atoms with Crippen LogP contribution in [0, 0.1) is 5.82 Å². The standard InChI is InChI=1S/C33H36ClFN4O4/c1-3-29(32-37-28-10-8-22(33(40)41-2)17-30(28)39(32)19-25-13-16-42-25)38-14-11-21(12-15-38)27-5-4-6-31(36-27)43-20-23-7-9-24(34)18-26(23)35/h4-10,17-18,21,25,29H,3,11-16,19-20H2,1-2H3/t25-,29+/m0/s1. The number of piperidine rings is 1. The number of ether oxygens (including phenoxy) is 3. The average Bonchev–Trinajstić information content (AvgIpc) is 3.36. The second-order valence-corrected chi connectivity index (χ2v) is 11.7. The lowest BCUT2D eigenvalue weighted by Gasteiger charge is -2.37. The fourth-order valence-electron chi connectivity index (χ4n) is 6.10. The number of aromatic nitrogens is 3. The first-order chi connectivity index (χ1) is 20.9. The third kappa shape index (κ3) is 6.39. The number of benzene rings is 2. The van der Waals surface area contributed by atoms with E-state index in [4.69, 9.17) is 35.8 Å². The van der Waals surface area contributed by atoms with E-state index in [1.165, 1.54) is 13.2 Å². The summed E-state index contributed by atoms with van der Waals surface area (Å²) in [7, 11) is 1.40. The molecule has 0 saturated carbocycles. The van der Waals surface area contributed by atoms with Gasteiger partial charge in [-0.15, -0.1) is 0 Å². The number of carbonyl (C=O) groups is 1. The van der Waals surface area contributed by atoms with Crippen LogP contribution >= 0.6 is 11.6 Å². The fraction of sp³-hybridized carbons (Fsp3) is 0.424. The molecule has 4 heterocycles. The van der Waals surface area contributed by atoms with Crippen molar-refractivity contribution in [1.29, 1.82) is 0 Å². The zero-order chi connectivity index (χ0) is 29.9. The smallest absolute Gasteiger partial charge is 0.337 e. The van der Waals surface area contributed by atoms with Gasteiger partial charge in [0.05, 0.1) is 42.4 Å². The Labute approximate surface area is 255 Å². The van der Waals surface area contributed by atoms with Crippen LogP contribution in [0.5, 0.6) is 5.88 Å². The van der Waals surface area contributed by atoms with Gasteiger partial charge in [0.2, 0.25) is 5.88 Å². The second-order valence-electron chi connectivity index (χ2n) is 11.2. The van der Waals surface area contributed by atoms with Crippen LogP contribution in [-0.4, -0.2) is 58.3 Å². The molecule has 0 aliphatic carbocycles. The molecule has 4 aromatic rings. The molecular formula is C33H36ClFN4O4. The lowest BCUT2D eigenvalue weighted by Crippen LogP contribution is -2.38. The zero-order valence-corrected chi connectivity index (χ0v) is 25.2. The number of pyridine rings is 1. The van der Waals surface area contributed by atoms with Crippen molar-refractivity contribution >= 4 is 28.6 Å². The first-order valence-corrected chi connectivity index (χ1v) is 15.3. The molecule has 8 nitrogen and oxygen atoms in total. The normalized spacial score (nSPS) is 18.4. The van der Waals surface area contributed by atoms with Crippen molar-refractivity contribution in [2.45, 2.75) is 63.8 Å². The topological polar surface area (TPSA) is 78.7 Å². The highest BCUT2D eigenvalue weighted by molar-refractivity contribution is 6.30. The Morgan fingerprint density at radius 2 is 1.93 bits per heavy atom. The minimum atomic E-state index is -0.390. The van der Waals surface area contributed by atoms with Crippen molar-refractivity contribution in [2.24, 2.45) is 0 Å². The van der Waals surface area contributed by atoms with Crippen molar-refractivity contribution < 1.29 is 23.4 Å². The van der Waals surface area contributed by atoms with E-state index in [0.29, 0.717) is 34.5 Å². The number of halogens is 2. The number of imidazole rings is 1. The van der Waals surface area contributed by atoms with Crippen LogP contribution in [-0.2, 0) is 22.6 Å². The number of hydrogen-bond donors (Lipinski definition) is 0. The predicted molar refractivity (Wildman–Crippen MR) is 162 cm³/mol. The highest BCUT2D eigenvalue weighted by Crippen LogP contribution is 2.35. The maximum atomic E-state index is 14.2. The van der Waals surface area contributed by atoms with Gasteiger partial charge in [-0.05, 0) is 75.2 Å². The highest BCUT2D eigenvalue weighted by atomic mass is 35.5.